The van der Waals surface area contributed by atoms with Crippen molar-refractivity contribution in [2.45, 2.75) is 25.9 Å². The van der Waals surface area contributed by atoms with Gasteiger partial charge in [0, 0.05) is 19.5 Å². The fraction of sp³-hybridized carbons (Fsp3) is 0.875. The van der Waals surface area contributed by atoms with Gasteiger partial charge in [0.2, 0.25) is 0 Å². The van der Waals surface area contributed by atoms with Crippen molar-refractivity contribution in [2.24, 2.45) is 0 Å². The molecule has 0 radical (unpaired) electrons. The molecule has 1 rings (SSSR count). The van der Waals surface area contributed by atoms with Gasteiger partial charge < -0.3 is 9.64 Å². The van der Waals surface area contributed by atoms with Gasteiger partial charge in [0.15, 0.2) is 0 Å². The Morgan fingerprint density at radius 2 is 2.45 bits per heavy atom. The van der Waals surface area contributed by atoms with E-state index in [1.165, 1.54) is 0 Å². The van der Waals surface area contributed by atoms with Crippen LogP contribution in [0.1, 0.15) is 19.8 Å². The maximum Gasteiger partial charge on any atom is 0.305 e. The smallest absolute Gasteiger partial charge is 0.305 e. The van der Waals surface area contributed by atoms with Crippen LogP contribution in [0.15, 0.2) is 0 Å². The van der Waals surface area contributed by atoms with Crippen molar-refractivity contribution in [3.8, 4) is 0 Å². The monoisotopic (exact) mass is 157 g/mol. The van der Waals surface area contributed by atoms with Gasteiger partial charge in [-0.15, -0.1) is 0 Å². The molecule has 1 saturated heterocycles. The van der Waals surface area contributed by atoms with Gasteiger partial charge in [-0.1, -0.05) is 6.92 Å². The van der Waals surface area contributed by atoms with Gasteiger partial charge in [0.25, 0.3) is 0 Å². The highest BCUT2D eigenvalue weighted by molar-refractivity contribution is 5.69. The first-order chi connectivity index (χ1) is 5.22. The van der Waals surface area contributed by atoms with E-state index < -0.39 is 0 Å². The molecule has 64 valence electrons. The molecule has 0 aliphatic carbocycles. The van der Waals surface area contributed by atoms with Crippen LogP contribution in [-0.2, 0) is 9.53 Å². The summed E-state index contributed by atoms with van der Waals surface area (Å²) in [6, 6.07) is 0. The second-order valence-electron chi connectivity index (χ2n) is 3.02. The maximum atomic E-state index is 10.8. The van der Waals surface area contributed by atoms with Crippen LogP contribution in [0.5, 0.6) is 0 Å². The number of hydrogen-bond acceptors (Lipinski definition) is 3. The summed E-state index contributed by atoms with van der Waals surface area (Å²) >= 11 is 0. The molecule has 11 heavy (non-hydrogen) atoms. The Morgan fingerprint density at radius 3 is 2.91 bits per heavy atom. The van der Waals surface area contributed by atoms with Crippen LogP contribution in [0.2, 0.25) is 0 Å². The first-order valence-electron chi connectivity index (χ1n) is 4.10. The third-order valence-corrected chi connectivity index (χ3v) is 1.93. The fourth-order valence-electron chi connectivity index (χ4n) is 1.26. The maximum absolute atomic E-state index is 10.8. The Balaban J connectivity index is 2.23. The molecule has 0 saturated carbocycles. The molecule has 0 aromatic carbocycles. The van der Waals surface area contributed by atoms with E-state index >= 15 is 0 Å². The van der Waals surface area contributed by atoms with Crippen LogP contribution in [0.4, 0.5) is 0 Å². The van der Waals surface area contributed by atoms with Crippen molar-refractivity contribution in [2.75, 3.05) is 20.1 Å². The van der Waals surface area contributed by atoms with Crippen molar-refractivity contribution in [1.29, 1.82) is 0 Å². The van der Waals surface area contributed by atoms with Gasteiger partial charge in [-0.3, -0.25) is 4.79 Å². The summed E-state index contributed by atoms with van der Waals surface area (Å²) in [5.41, 5.74) is 0. The molecule has 0 bridgehead atoms. The molecule has 0 spiro atoms. The number of nitrogens with zero attached hydrogens (tertiary/aromatic N) is 1. The lowest BCUT2D eigenvalue weighted by Gasteiger charge is -2.10. The number of likely N-dealkylation sites (N-methyl/N-ethyl adjacent to an activating group) is 1. The van der Waals surface area contributed by atoms with Crippen LogP contribution in [0.3, 0.4) is 0 Å². The highest BCUT2D eigenvalue weighted by Crippen LogP contribution is 2.10. The largest absolute Gasteiger partial charge is 0.461 e. The van der Waals surface area contributed by atoms with Crippen LogP contribution in [-0.4, -0.2) is 37.1 Å². The van der Waals surface area contributed by atoms with Crippen molar-refractivity contribution < 1.29 is 9.53 Å². The first-order valence-corrected chi connectivity index (χ1v) is 4.10. The molecule has 0 aromatic heterocycles. The third-order valence-electron chi connectivity index (χ3n) is 1.93. The Labute approximate surface area is 67.3 Å². The van der Waals surface area contributed by atoms with Crippen molar-refractivity contribution in [3.63, 3.8) is 0 Å². The molecule has 0 amide bonds. The van der Waals surface area contributed by atoms with Gasteiger partial charge >= 0.3 is 5.97 Å². The van der Waals surface area contributed by atoms with Gasteiger partial charge in [-0.05, 0) is 13.5 Å². The Bertz CT molecular complexity index is 147. The lowest BCUT2D eigenvalue weighted by Crippen LogP contribution is -2.21. The van der Waals surface area contributed by atoms with E-state index in [0.29, 0.717) is 6.42 Å². The molecular weight excluding hydrogens is 142 g/mol. The standard InChI is InChI=1S/C8H15NO2/c1-3-8(10)11-7-4-5-9(2)6-7/h7H,3-6H2,1-2H3. The summed E-state index contributed by atoms with van der Waals surface area (Å²) in [6.45, 7) is 3.76. The number of likely N-dealkylation sites (tertiary alicyclic amines) is 1. The van der Waals surface area contributed by atoms with E-state index in [1.54, 1.807) is 0 Å². The van der Waals surface area contributed by atoms with E-state index in [4.69, 9.17) is 4.74 Å². The summed E-state index contributed by atoms with van der Waals surface area (Å²) in [7, 11) is 2.04. The molecular formula is C8H15NO2. The molecule has 0 aromatic rings. The highest BCUT2D eigenvalue weighted by Gasteiger charge is 2.21. The minimum Gasteiger partial charge on any atom is -0.461 e. The lowest BCUT2D eigenvalue weighted by atomic mass is 10.3. The highest BCUT2D eigenvalue weighted by atomic mass is 16.5. The number of carbonyl (C=O) groups is 1. The summed E-state index contributed by atoms with van der Waals surface area (Å²) in [5.74, 6) is -0.0784. The van der Waals surface area contributed by atoms with E-state index in [2.05, 4.69) is 4.90 Å². The normalized spacial score (nSPS) is 25.5. The second-order valence-corrected chi connectivity index (χ2v) is 3.02. The predicted molar refractivity (Wildman–Crippen MR) is 42.3 cm³/mol. The second kappa shape index (κ2) is 3.72. The lowest BCUT2D eigenvalue weighted by molar-refractivity contribution is -0.147. The zero-order valence-corrected chi connectivity index (χ0v) is 7.17. The number of rotatable bonds is 2. The van der Waals surface area contributed by atoms with Crippen molar-refractivity contribution >= 4 is 5.97 Å². The van der Waals surface area contributed by atoms with Crippen molar-refractivity contribution in [1.82, 2.24) is 4.90 Å². The third kappa shape index (κ3) is 2.50. The molecule has 3 heteroatoms. The number of ether oxygens (including phenoxy) is 1. The van der Waals surface area contributed by atoms with Gasteiger partial charge in [0.1, 0.15) is 6.10 Å². The zero-order chi connectivity index (χ0) is 8.27. The van der Waals surface area contributed by atoms with Crippen LogP contribution in [0.25, 0.3) is 0 Å². The molecule has 1 heterocycles. The summed E-state index contributed by atoms with van der Waals surface area (Å²) in [4.78, 5) is 13.0. The average molecular weight is 157 g/mol. The number of esters is 1. The molecule has 1 unspecified atom stereocenters. The predicted octanol–water partition coefficient (Wildman–Crippen LogP) is 0.644. The minimum atomic E-state index is -0.0784. The molecule has 1 atom stereocenters. The van der Waals surface area contributed by atoms with Gasteiger partial charge in [0.05, 0.1) is 0 Å². The fourth-order valence-corrected chi connectivity index (χ4v) is 1.26. The van der Waals surface area contributed by atoms with Crippen LogP contribution < -0.4 is 0 Å². The molecule has 1 fully saturated rings. The summed E-state index contributed by atoms with van der Waals surface area (Å²) in [5, 5.41) is 0. The van der Waals surface area contributed by atoms with Crippen LogP contribution in [0, 0.1) is 0 Å². The zero-order valence-electron chi connectivity index (χ0n) is 7.17. The Kier molecular flexibility index (Phi) is 2.88. The quantitative estimate of drug-likeness (QED) is 0.551. The topological polar surface area (TPSA) is 29.5 Å². The molecule has 3 nitrogen and oxygen atoms in total. The van der Waals surface area contributed by atoms with Gasteiger partial charge in [-0.2, -0.15) is 0 Å². The van der Waals surface area contributed by atoms with E-state index in [9.17, 15) is 4.79 Å². The summed E-state index contributed by atoms with van der Waals surface area (Å²) < 4.78 is 5.15. The number of hydrogen-bond donors (Lipinski definition) is 0. The van der Waals surface area contributed by atoms with Crippen molar-refractivity contribution in [3.05, 3.63) is 0 Å². The van der Waals surface area contributed by atoms with E-state index in [0.717, 1.165) is 19.5 Å². The number of carbonyl (C=O) groups excluding carboxylic acids is 1. The summed E-state index contributed by atoms with van der Waals surface area (Å²) in [6.07, 6.45) is 1.62. The SMILES string of the molecule is CCC(=O)OC1CCN(C)C1. The molecule has 1 aliphatic rings. The molecule has 0 N–H and O–H groups in total. The van der Waals surface area contributed by atoms with Gasteiger partial charge in [-0.25, -0.2) is 0 Å². The first kappa shape index (κ1) is 8.53. The van der Waals surface area contributed by atoms with E-state index in [1.807, 2.05) is 14.0 Å². The minimum absolute atomic E-state index is 0.0784. The Hall–Kier alpha value is -0.570. The average Bonchev–Trinajstić information content (AvgIpc) is 2.35. The Morgan fingerprint density at radius 1 is 1.73 bits per heavy atom. The van der Waals surface area contributed by atoms with E-state index in [-0.39, 0.29) is 12.1 Å². The van der Waals surface area contributed by atoms with Crippen LogP contribution >= 0.6 is 0 Å². The molecule has 1 aliphatic heterocycles.